The number of benzene rings is 1. The second-order valence-electron chi connectivity index (χ2n) is 3.29. The predicted molar refractivity (Wildman–Crippen MR) is 53.8 cm³/mol. The van der Waals surface area contributed by atoms with Gasteiger partial charge in [0.05, 0.1) is 7.11 Å². The SMILES string of the molecule is COc1c(O)ccc(C)c1CC(C)=O. The molecule has 0 aliphatic rings. The largest absolute Gasteiger partial charge is 0.504 e. The lowest BCUT2D eigenvalue weighted by atomic mass is 10.0. The average molecular weight is 194 g/mol. The molecule has 1 rings (SSSR count). The third kappa shape index (κ3) is 2.05. The summed E-state index contributed by atoms with van der Waals surface area (Å²) in [6.07, 6.45) is 0.295. The maximum absolute atomic E-state index is 11.0. The molecule has 0 radical (unpaired) electrons. The molecular weight excluding hydrogens is 180 g/mol. The summed E-state index contributed by atoms with van der Waals surface area (Å²) in [7, 11) is 1.48. The quantitative estimate of drug-likeness (QED) is 0.798. The number of Topliss-reactive ketones (excluding diaryl/α,β-unsaturated/α-hetero) is 1. The fraction of sp³-hybridized carbons (Fsp3) is 0.364. The summed E-state index contributed by atoms with van der Waals surface area (Å²) in [6, 6.07) is 3.34. The first-order valence-electron chi connectivity index (χ1n) is 4.41. The lowest BCUT2D eigenvalue weighted by molar-refractivity contribution is -0.116. The molecule has 3 heteroatoms. The highest BCUT2D eigenvalue weighted by atomic mass is 16.5. The number of methoxy groups -OCH3 is 1. The summed E-state index contributed by atoms with van der Waals surface area (Å²) >= 11 is 0. The molecule has 0 unspecified atom stereocenters. The third-order valence-electron chi connectivity index (χ3n) is 2.10. The van der Waals surface area contributed by atoms with Crippen molar-refractivity contribution in [2.24, 2.45) is 0 Å². The maximum Gasteiger partial charge on any atom is 0.164 e. The van der Waals surface area contributed by atoms with Crippen LogP contribution in [-0.4, -0.2) is 18.0 Å². The van der Waals surface area contributed by atoms with E-state index in [4.69, 9.17) is 4.74 Å². The second kappa shape index (κ2) is 4.13. The van der Waals surface area contributed by atoms with Gasteiger partial charge in [0, 0.05) is 12.0 Å². The van der Waals surface area contributed by atoms with E-state index in [0.29, 0.717) is 12.2 Å². The molecule has 3 nitrogen and oxygen atoms in total. The Labute approximate surface area is 83.3 Å². The lowest BCUT2D eigenvalue weighted by Gasteiger charge is -2.11. The minimum Gasteiger partial charge on any atom is -0.504 e. The number of hydrogen-bond donors (Lipinski definition) is 1. The highest BCUT2D eigenvalue weighted by Gasteiger charge is 2.12. The molecule has 0 spiro atoms. The number of ether oxygens (including phenoxy) is 1. The van der Waals surface area contributed by atoms with E-state index in [1.54, 1.807) is 12.1 Å². The summed E-state index contributed by atoms with van der Waals surface area (Å²) in [5.41, 5.74) is 1.72. The van der Waals surface area contributed by atoms with Crippen molar-refractivity contribution in [3.8, 4) is 11.5 Å². The van der Waals surface area contributed by atoms with Gasteiger partial charge in [0.25, 0.3) is 0 Å². The van der Waals surface area contributed by atoms with Crippen molar-refractivity contribution in [3.63, 3.8) is 0 Å². The van der Waals surface area contributed by atoms with E-state index >= 15 is 0 Å². The van der Waals surface area contributed by atoms with Crippen LogP contribution >= 0.6 is 0 Å². The van der Waals surface area contributed by atoms with Crippen LogP contribution in [-0.2, 0) is 11.2 Å². The Morgan fingerprint density at radius 2 is 2.14 bits per heavy atom. The van der Waals surface area contributed by atoms with Crippen molar-refractivity contribution in [1.29, 1.82) is 0 Å². The first-order chi connectivity index (χ1) is 6.56. The third-order valence-corrected chi connectivity index (χ3v) is 2.10. The number of aryl methyl sites for hydroxylation is 1. The van der Waals surface area contributed by atoms with Crippen molar-refractivity contribution in [1.82, 2.24) is 0 Å². The summed E-state index contributed by atoms with van der Waals surface area (Å²) < 4.78 is 5.06. The Hall–Kier alpha value is -1.51. The first-order valence-corrected chi connectivity index (χ1v) is 4.41. The number of ketones is 1. The molecule has 0 fully saturated rings. The van der Waals surface area contributed by atoms with Gasteiger partial charge in [-0.3, -0.25) is 4.79 Å². The predicted octanol–water partition coefficient (Wildman–Crippen LogP) is 1.84. The van der Waals surface area contributed by atoms with E-state index in [2.05, 4.69) is 0 Å². The zero-order chi connectivity index (χ0) is 10.7. The zero-order valence-corrected chi connectivity index (χ0v) is 8.63. The Bertz CT molecular complexity index is 356. The van der Waals surface area contributed by atoms with Crippen LogP contribution in [0.4, 0.5) is 0 Å². The number of hydrogen-bond acceptors (Lipinski definition) is 3. The molecule has 0 heterocycles. The van der Waals surface area contributed by atoms with Crippen molar-refractivity contribution in [2.45, 2.75) is 20.3 Å². The van der Waals surface area contributed by atoms with E-state index in [9.17, 15) is 9.90 Å². The average Bonchev–Trinajstić information content (AvgIpc) is 2.11. The van der Waals surface area contributed by atoms with Gasteiger partial charge in [-0.15, -0.1) is 0 Å². The lowest BCUT2D eigenvalue weighted by Crippen LogP contribution is -2.02. The highest BCUT2D eigenvalue weighted by Crippen LogP contribution is 2.32. The van der Waals surface area contributed by atoms with Gasteiger partial charge in [-0.2, -0.15) is 0 Å². The molecule has 1 N–H and O–H groups in total. The Balaban J connectivity index is 3.22. The molecule has 1 aromatic rings. The van der Waals surface area contributed by atoms with Crippen molar-refractivity contribution >= 4 is 5.78 Å². The van der Waals surface area contributed by atoms with E-state index < -0.39 is 0 Å². The van der Waals surface area contributed by atoms with E-state index in [1.807, 2.05) is 6.92 Å². The van der Waals surface area contributed by atoms with E-state index in [-0.39, 0.29) is 11.5 Å². The van der Waals surface area contributed by atoms with Crippen LogP contribution < -0.4 is 4.74 Å². The van der Waals surface area contributed by atoms with Gasteiger partial charge >= 0.3 is 0 Å². The molecule has 0 atom stereocenters. The first kappa shape index (κ1) is 10.6. The molecule has 1 aromatic carbocycles. The summed E-state index contributed by atoms with van der Waals surface area (Å²) in [4.78, 5) is 11.0. The minimum absolute atomic E-state index is 0.0528. The van der Waals surface area contributed by atoms with Crippen LogP contribution in [0.1, 0.15) is 18.1 Å². The van der Waals surface area contributed by atoms with Crippen molar-refractivity contribution in [3.05, 3.63) is 23.3 Å². The molecule has 0 aliphatic carbocycles. The molecule has 0 aromatic heterocycles. The summed E-state index contributed by atoms with van der Waals surface area (Å²) in [5.74, 6) is 0.534. The van der Waals surface area contributed by atoms with Crippen LogP contribution in [0.25, 0.3) is 0 Å². The van der Waals surface area contributed by atoms with Gasteiger partial charge in [-0.05, 0) is 25.5 Å². The number of aromatic hydroxyl groups is 1. The normalized spacial score (nSPS) is 9.93. The van der Waals surface area contributed by atoms with Crippen molar-refractivity contribution in [2.75, 3.05) is 7.11 Å². The van der Waals surface area contributed by atoms with E-state index in [1.165, 1.54) is 14.0 Å². The van der Waals surface area contributed by atoms with E-state index in [0.717, 1.165) is 11.1 Å². The molecule has 14 heavy (non-hydrogen) atoms. The van der Waals surface area contributed by atoms with Crippen LogP contribution in [0.15, 0.2) is 12.1 Å². The number of carbonyl (C=O) groups is 1. The molecular formula is C11H14O3. The van der Waals surface area contributed by atoms with Crippen molar-refractivity contribution < 1.29 is 14.6 Å². The Morgan fingerprint density at radius 1 is 1.50 bits per heavy atom. The zero-order valence-electron chi connectivity index (χ0n) is 8.63. The summed E-state index contributed by atoms with van der Waals surface area (Å²) in [5, 5.41) is 9.49. The highest BCUT2D eigenvalue weighted by molar-refractivity contribution is 5.79. The molecule has 0 bridgehead atoms. The minimum atomic E-state index is 0.0528. The van der Waals surface area contributed by atoms with Crippen LogP contribution in [0, 0.1) is 6.92 Å². The Kier molecular flexibility index (Phi) is 3.12. The standard InChI is InChI=1S/C11H14O3/c1-7-4-5-10(13)11(14-3)9(7)6-8(2)12/h4-5,13H,6H2,1-3H3. The summed E-state index contributed by atoms with van der Waals surface area (Å²) in [6.45, 7) is 3.41. The van der Waals surface area contributed by atoms with Crippen LogP contribution in [0.3, 0.4) is 0 Å². The van der Waals surface area contributed by atoms with Gasteiger partial charge in [-0.1, -0.05) is 6.07 Å². The van der Waals surface area contributed by atoms with Gasteiger partial charge in [0.15, 0.2) is 11.5 Å². The number of rotatable bonds is 3. The van der Waals surface area contributed by atoms with Gasteiger partial charge in [0.2, 0.25) is 0 Å². The van der Waals surface area contributed by atoms with Crippen LogP contribution in [0.2, 0.25) is 0 Å². The number of carbonyl (C=O) groups excluding carboxylic acids is 1. The molecule has 0 amide bonds. The number of phenolic OH excluding ortho intramolecular Hbond substituents is 1. The fourth-order valence-electron chi connectivity index (χ4n) is 1.41. The second-order valence-corrected chi connectivity index (χ2v) is 3.29. The molecule has 76 valence electrons. The topological polar surface area (TPSA) is 46.5 Å². The maximum atomic E-state index is 11.0. The molecule has 0 saturated heterocycles. The van der Waals surface area contributed by atoms with Gasteiger partial charge < -0.3 is 9.84 Å². The number of phenols is 1. The van der Waals surface area contributed by atoms with Gasteiger partial charge in [-0.25, -0.2) is 0 Å². The fourth-order valence-corrected chi connectivity index (χ4v) is 1.41. The monoisotopic (exact) mass is 194 g/mol. The molecule has 0 saturated carbocycles. The van der Waals surface area contributed by atoms with Crippen LogP contribution in [0.5, 0.6) is 11.5 Å². The van der Waals surface area contributed by atoms with Gasteiger partial charge in [0.1, 0.15) is 5.78 Å². The Morgan fingerprint density at radius 3 is 2.64 bits per heavy atom. The smallest absolute Gasteiger partial charge is 0.164 e. The molecule has 0 aliphatic heterocycles.